The maximum Gasteiger partial charge on any atom is 0.0791 e. The van der Waals surface area contributed by atoms with Crippen molar-refractivity contribution in [1.29, 1.82) is 0 Å². The van der Waals surface area contributed by atoms with Crippen LogP contribution in [0.2, 0.25) is 0 Å². The molecule has 0 amide bonds. The van der Waals surface area contributed by atoms with Crippen molar-refractivity contribution in [1.82, 2.24) is 10.2 Å². The molecule has 2 nitrogen and oxygen atoms in total. The van der Waals surface area contributed by atoms with Crippen LogP contribution in [-0.4, -0.2) is 35.5 Å². The molecule has 2 aliphatic rings. The van der Waals surface area contributed by atoms with Crippen LogP contribution in [-0.2, 0) is 0 Å². The van der Waals surface area contributed by atoms with Gasteiger partial charge in [0.05, 0.1) is 4.45 Å². The SMILES string of the molecule is BrC1(N2CCCCC2)CCNCC1. The molecule has 0 aromatic rings. The number of piperidine rings is 2. The van der Waals surface area contributed by atoms with E-state index in [4.69, 9.17) is 0 Å². The first-order chi connectivity index (χ1) is 6.31. The highest BCUT2D eigenvalue weighted by molar-refractivity contribution is 9.10. The lowest BCUT2D eigenvalue weighted by atomic mass is 10.0. The molecule has 2 aliphatic heterocycles. The molecule has 0 saturated carbocycles. The zero-order valence-electron chi connectivity index (χ0n) is 8.19. The number of likely N-dealkylation sites (tertiary alicyclic amines) is 1. The van der Waals surface area contributed by atoms with Crippen molar-refractivity contribution in [3.63, 3.8) is 0 Å². The average Bonchev–Trinajstić information content (AvgIpc) is 2.20. The second-order valence-electron chi connectivity index (χ2n) is 4.22. The van der Waals surface area contributed by atoms with Crippen LogP contribution in [0.25, 0.3) is 0 Å². The molecule has 2 fully saturated rings. The number of rotatable bonds is 1. The fourth-order valence-corrected chi connectivity index (χ4v) is 3.17. The van der Waals surface area contributed by atoms with E-state index in [1.807, 2.05) is 0 Å². The largest absolute Gasteiger partial charge is 0.317 e. The molecule has 1 N–H and O–H groups in total. The molecule has 3 heteroatoms. The Hall–Kier alpha value is 0.400. The summed E-state index contributed by atoms with van der Waals surface area (Å²) in [4.78, 5) is 2.65. The Bertz CT molecular complexity index is 160. The first-order valence-corrected chi connectivity index (χ1v) is 6.25. The zero-order chi connectivity index (χ0) is 9.15. The van der Waals surface area contributed by atoms with Gasteiger partial charge in [-0.25, -0.2) is 0 Å². The predicted molar refractivity (Wildman–Crippen MR) is 59.2 cm³/mol. The minimum Gasteiger partial charge on any atom is -0.317 e. The molecule has 2 heterocycles. The molecule has 0 atom stereocenters. The van der Waals surface area contributed by atoms with E-state index in [0.717, 1.165) is 0 Å². The number of hydrogen-bond acceptors (Lipinski definition) is 2. The lowest BCUT2D eigenvalue weighted by Gasteiger charge is -2.44. The maximum atomic E-state index is 3.94. The van der Waals surface area contributed by atoms with E-state index >= 15 is 0 Å². The van der Waals surface area contributed by atoms with Crippen molar-refractivity contribution < 1.29 is 0 Å². The first-order valence-electron chi connectivity index (χ1n) is 5.46. The third kappa shape index (κ3) is 2.25. The van der Waals surface area contributed by atoms with Crippen LogP contribution in [0.4, 0.5) is 0 Å². The van der Waals surface area contributed by atoms with Gasteiger partial charge in [-0.1, -0.05) is 22.4 Å². The minimum absolute atomic E-state index is 0.332. The smallest absolute Gasteiger partial charge is 0.0791 e. The van der Waals surface area contributed by atoms with Crippen molar-refractivity contribution in [2.75, 3.05) is 26.2 Å². The molecule has 0 aromatic heterocycles. The van der Waals surface area contributed by atoms with Crippen LogP contribution < -0.4 is 5.32 Å². The van der Waals surface area contributed by atoms with Crippen molar-refractivity contribution >= 4 is 15.9 Å². The number of hydrogen-bond donors (Lipinski definition) is 1. The molecular formula is C10H19BrN2. The second kappa shape index (κ2) is 4.28. The molecule has 2 saturated heterocycles. The highest BCUT2D eigenvalue weighted by atomic mass is 79.9. The van der Waals surface area contributed by atoms with Crippen molar-refractivity contribution in [2.24, 2.45) is 0 Å². The summed E-state index contributed by atoms with van der Waals surface area (Å²) >= 11 is 3.94. The van der Waals surface area contributed by atoms with Gasteiger partial charge in [0.1, 0.15) is 0 Å². The van der Waals surface area contributed by atoms with Gasteiger partial charge in [-0.3, -0.25) is 4.90 Å². The van der Waals surface area contributed by atoms with Crippen molar-refractivity contribution in [3.8, 4) is 0 Å². The summed E-state index contributed by atoms with van der Waals surface area (Å²) in [6.07, 6.45) is 6.72. The van der Waals surface area contributed by atoms with Crippen molar-refractivity contribution in [2.45, 2.75) is 36.6 Å². The summed E-state index contributed by atoms with van der Waals surface area (Å²) in [6, 6.07) is 0. The van der Waals surface area contributed by atoms with Crippen LogP contribution in [0.1, 0.15) is 32.1 Å². The molecule has 13 heavy (non-hydrogen) atoms. The van der Waals surface area contributed by atoms with Gasteiger partial charge in [0.2, 0.25) is 0 Å². The molecule has 2 rings (SSSR count). The van der Waals surface area contributed by atoms with E-state index in [1.54, 1.807) is 0 Å². The van der Waals surface area contributed by atoms with Gasteiger partial charge < -0.3 is 5.32 Å². The van der Waals surface area contributed by atoms with E-state index in [9.17, 15) is 0 Å². The van der Waals surface area contributed by atoms with E-state index in [1.165, 1.54) is 58.3 Å². The molecule has 0 unspecified atom stereocenters. The quantitative estimate of drug-likeness (QED) is 0.562. The predicted octanol–water partition coefficient (Wildman–Crippen LogP) is 1.95. The highest BCUT2D eigenvalue weighted by Gasteiger charge is 2.35. The van der Waals surface area contributed by atoms with Crippen LogP contribution in [0, 0.1) is 0 Å². The molecule has 0 spiro atoms. The van der Waals surface area contributed by atoms with Gasteiger partial charge >= 0.3 is 0 Å². The van der Waals surface area contributed by atoms with Gasteiger partial charge in [-0.15, -0.1) is 0 Å². The zero-order valence-corrected chi connectivity index (χ0v) is 9.78. The summed E-state index contributed by atoms with van der Waals surface area (Å²) in [6.45, 7) is 4.93. The van der Waals surface area contributed by atoms with Gasteiger partial charge in [0, 0.05) is 0 Å². The number of nitrogens with one attached hydrogen (secondary N) is 1. The third-order valence-electron chi connectivity index (χ3n) is 3.29. The number of nitrogens with zero attached hydrogens (tertiary/aromatic N) is 1. The Morgan fingerprint density at radius 2 is 1.62 bits per heavy atom. The molecular weight excluding hydrogens is 228 g/mol. The monoisotopic (exact) mass is 246 g/mol. The Morgan fingerprint density at radius 1 is 1.00 bits per heavy atom. The summed E-state index contributed by atoms with van der Waals surface area (Å²) < 4.78 is 0.332. The van der Waals surface area contributed by atoms with Gasteiger partial charge in [-0.05, 0) is 51.9 Å². The summed E-state index contributed by atoms with van der Waals surface area (Å²) in [5.41, 5.74) is 0. The lowest BCUT2D eigenvalue weighted by Crippen LogP contribution is -2.52. The third-order valence-corrected chi connectivity index (χ3v) is 4.59. The summed E-state index contributed by atoms with van der Waals surface area (Å²) in [5, 5.41) is 3.42. The van der Waals surface area contributed by atoms with E-state index < -0.39 is 0 Å². The molecule has 0 bridgehead atoms. The van der Waals surface area contributed by atoms with E-state index in [0.29, 0.717) is 4.45 Å². The number of alkyl halides is 1. The average molecular weight is 247 g/mol. The minimum atomic E-state index is 0.332. The second-order valence-corrected chi connectivity index (χ2v) is 5.69. The van der Waals surface area contributed by atoms with Crippen LogP contribution in [0.15, 0.2) is 0 Å². The van der Waals surface area contributed by atoms with Crippen LogP contribution in [0.3, 0.4) is 0 Å². The summed E-state index contributed by atoms with van der Waals surface area (Å²) in [7, 11) is 0. The molecule has 0 radical (unpaired) electrons. The summed E-state index contributed by atoms with van der Waals surface area (Å²) in [5.74, 6) is 0. The standard InChI is InChI=1S/C10H19BrN2/c11-10(4-6-12-7-5-10)13-8-2-1-3-9-13/h12H,1-9H2. The van der Waals surface area contributed by atoms with Crippen molar-refractivity contribution in [3.05, 3.63) is 0 Å². The molecule has 0 aromatic carbocycles. The first kappa shape index (κ1) is 9.94. The number of halogens is 1. The van der Waals surface area contributed by atoms with Crippen LogP contribution in [0.5, 0.6) is 0 Å². The fourth-order valence-electron chi connectivity index (χ4n) is 2.42. The highest BCUT2D eigenvalue weighted by Crippen LogP contribution is 2.34. The Kier molecular flexibility index (Phi) is 3.27. The molecule has 0 aliphatic carbocycles. The Labute approximate surface area is 89.2 Å². The van der Waals surface area contributed by atoms with Gasteiger partial charge in [0.15, 0.2) is 0 Å². The van der Waals surface area contributed by atoms with Gasteiger partial charge in [-0.2, -0.15) is 0 Å². The molecule has 76 valence electrons. The van der Waals surface area contributed by atoms with E-state index in [2.05, 4.69) is 26.1 Å². The van der Waals surface area contributed by atoms with Crippen LogP contribution >= 0.6 is 15.9 Å². The maximum absolute atomic E-state index is 3.94. The van der Waals surface area contributed by atoms with E-state index in [-0.39, 0.29) is 0 Å². The topological polar surface area (TPSA) is 15.3 Å². The normalized spacial score (nSPS) is 30.2. The Balaban J connectivity index is 1.94. The fraction of sp³-hybridized carbons (Fsp3) is 1.00. The van der Waals surface area contributed by atoms with Gasteiger partial charge in [0.25, 0.3) is 0 Å². The lowest BCUT2D eigenvalue weighted by molar-refractivity contribution is 0.116. The Morgan fingerprint density at radius 3 is 2.23 bits per heavy atom.